The van der Waals surface area contributed by atoms with Crippen LogP contribution in [0.3, 0.4) is 0 Å². The van der Waals surface area contributed by atoms with Gasteiger partial charge in [-0.15, -0.1) is 0 Å². The van der Waals surface area contributed by atoms with Crippen LogP contribution in [-0.2, 0) is 10.5 Å². The molecular weight excluding hydrogens is 281 g/mol. The van der Waals surface area contributed by atoms with E-state index in [2.05, 4.69) is 10.0 Å². The second-order valence-electron chi connectivity index (χ2n) is 4.60. The lowest BCUT2D eigenvalue weighted by Gasteiger charge is -2.25. The molecule has 1 atom stereocenters. The van der Waals surface area contributed by atoms with Gasteiger partial charge < -0.3 is 4.74 Å². The summed E-state index contributed by atoms with van der Waals surface area (Å²) in [5, 5.41) is 3.54. The largest absolute Gasteiger partial charge is 0.357 e. The third-order valence-corrected chi connectivity index (χ3v) is 3.14. The molecule has 2 aromatic rings. The van der Waals surface area contributed by atoms with Crippen LogP contribution >= 0.6 is 0 Å². The van der Waals surface area contributed by atoms with Gasteiger partial charge in [0.15, 0.2) is 0 Å². The molecule has 2 rings (SSSR count). The second kappa shape index (κ2) is 7.98. The zero-order chi connectivity index (χ0) is 15.7. The molecule has 0 aliphatic carbocycles. The number of benzene rings is 2. The smallest absolute Gasteiger partial charge is 0.200 e. The Morgan fingerprint density at radius 1 is 1.09 bits per heavy atom. The monoisotopic (exact) mass is 297 g/mol. The molecule has 2 aromatic carbocycles. The number of nitrogens with zero attached hydrogens (tertiary/aromatic N) is 3. The van der Waals surface area contributed by atoms with Gasteiger partial charge >= 0.3 is 0 Å². The first-order valence-electron chi connectivity index (χ1n) is 6.84. The molecule has 0 saturated carbocycles. The van der Waals surface area contributed by atoms with Gasteiger partial charge in [0.1, 0.15) is 6.67 Å². The van der Waals surface area contributed by atoms with Crippen molar-refractivity contribution in [3.63, 3.8) is 0 Å². The highest BCUT2D eigenvalue weighted by Gasteiger charge is 2.32. The van der Waals surface area contributed by atoms with Crippen LogP contribution in [0.25, 0.3) is 16.5 Å². The Kier molecular flexibility index (Phi) is 5.72. The van der Waals surface area contributed by atoms with E-state index in [1.54, 1.807) is 36.4 Å². The number of hydrogen-bond donors (Lipinski definition) is 0. The normalized spacial score (nSPS) is 13.5. The summed E-state index contributed by atoms with van der Waals surface area (Å²) in [5.41, 5.74) is 8.60. The second-order valence-corrected chi connectivity index (χ2v) is 4.60. The third kappa shape index (κ3) is 3.95. The van der Waals surface area contributed by atoms with E-state index in [0.717, 1.165) is 5.56 Å². The lowest BCUT2D eigenvalue weighted by molar-refractivity contribution is -0.0478. The molecule has 0 heterocycles. The van der Waals surface area contributed by atoms with Crippen molar-refractivity contribution in [1.82, 2.24) is 0 Å². The van der Waals surface area contributed by atoms with E-state index in [9.17, 15) is 4.39 Å². The van der Waals surface area contributed by atoms with Crippen LogP contribution in [0.15, 0.2) is 71.9 Å². The fourth-order valence-electron chi connectivity index (χ4n) is 2.02. The van der Waals surface area contributed by atoms with Gasteiger partial charge in [-0.3, -0.25) is 0 Å². The summed E-state index contributed by atoms with van der Waals surface area (Å²) in [4.78, 5) is 2.73. The standard InChI is InChI=1S/C17H16FN3O/c18-14-17(20-21-19,16-11-5-2-6-12-16)22-13-7-10-15-8-3-1-4-9-15/h1-12H,13-14H2/b10-7+. The summed E-state index contributed by atoms with van der Waals surface area (Å²) in [6, 6.07) is 18.3. The Morgan fingerprint density at radius 3 is 2.32 bits per heavy atom. The number of halogens is 1. The molecule has 1 unspecified atom stereocenters. The predicted octanol–water partition coefficient (Wildman–Crippen LogP) is 4.85. The van der Waals surface area contributed by atoms with Gasteiger partial charge in [0.05, 0.1) is 6.61 Å². The van der Waals surface area contributed by atoms with Gasteiger partial charge in [0.2, 0.25) is 5.72 Å². The SMILES string of the molecule is [N-]=[N+]=NC(CF)(OC/C=C/c1ccccc1)c1ccccc1. The van der Waals surface area contributed by atoms with Gasteiger partial charge in [-0.1, -0.05) is 77.9 Å². The maximum Gasteiger partial charge on any atom is 0.200 e. The zero-order valence-corrected chi connectivity index (χ0v) is 12.0. The molecule has 0 N–H and O–H groups in total. The topological polar surface area (TPSA) is 58.0 Å². The minimum Gasteiger partial charge on any atom is -0.357 e. The fraction of sp³-hybridized carbons (Fsp3) is 0.176. The first-order chi connectivity index (χ1) is 10.8. The van der Waals surface area contributed by atoms with E-state index in [1.807, 2.05) is 36.4 Å². The van der Waals surface area contributed by atoms with Crippen LogP contribution in [0.5, 0.6) is 0 Å². The van der Waals surface area contributed by atoms with Crippen LogP contribution in [0.4, 0.5) is 4.39 Å². The lowest BCUT2D eigenvalue weighted by Crippen LogP contribution is -2.29. The fourth-order valence-corrected chi connectivity index (χ4v) is 2.02. The van der Waals surface area contributed by atoms with E-state index in [1.165, 1.54) is 0 Å². The molecule has 0 amide bonds. The number of azide groups is 1. The summed E-state index contributed by atoms with van der Waals surface area (Å²) in [7, 11) is 0. The van der Waals surface area contributed by atoms with Crippen molar-refractivity contribution in [1.29, 1.82) is 0 Å². The predicted molar refractivity (Wildman–Crippen MR) is 84.7 cm³/mol. The molecular formula is C17H16FN3O. The summed E-state index contributed by atoms with van der Waals surface area (Å²) in [6.45, 7) is -0.799. The molecule has 0 radical (unpaired) electrons. The Bertz CT molecular complexity index is 654. The summed E-state index contributed by atoms with van der Waals surface area (Å²) >= 11 is 0. The van der Waals surface area contributed by atoms with Crippen molar-refractivity contribution < 1.29 is 9.13 Å². The van der Waals surface area contributed by atoms with Gasteiger partial charge in [-0.05, 0) is 16.7 Å². The summed E-state index contributed by atoms with van der Waals surface area (Å²) in [5.74, 6) is 0. The molecule has 0 saturated heterocycles. The van der Waals surface area contributed by atoms with Crippen LogP contribution in [-0.4, -0.2) is 13.3 Å². The maximum atomic E-state index is 13.5. The minimum atomic E-state index is -1.63. The molecule has 112 valence electrons. The highest BCUT2D eigenvalue weighted by atomic mass is 19.1. The van der Waals surface area contributed by atoms with Gasteiger partial charge in [0, 0.05) is 4.91 Å². The van der Waals surface area contributed by atoms with Gasteiger partial charge in [-0.2, -0.15) is 0 Å². The highest BCUT2D eigenvalue weighted by Crippen LogP contribution is 2.28. The van der Waals surface area contributed by atoms with Crippen molar-refractivity contribution in [3.8, 4) is 0 Å². The first-order valence-corrected chi connectivity index (χ1v) is 6.84. The molecule has 0 aromatic heterocycles. The van der Waals surface area contributed by atoms with E-state index in [4.69, 9.17) is 10.3 Å². The summed E-state index contributed by atoms with van der Waals surface area (Å²) < 4.78 is 19.1. The number of ether oxygens (including phenoxy) is 1. The van der Waals surface area contributed by atoms with Crippen molar-refractivity contribution in [2.24, 2.45) is 5.11 Å². The van der Waals surface area contributed by atoms with Gasteiger partial charge in [-0.25, -0.2) is 4.39 Å². The molecule has 0 spiro atoms. The zero-order valence-electron chi connectivity index (χ0n) is 12.0. The van der Waals surface area contributed by atoms with Crippen LogP contribution in [0, 0.1) is 0 Å². The van der Waals surface area contributed by atoms with Crippen LogP contribution < -0.4 is 0 Å². The quantitative estimate of drug-likeness (QED) is 0.409. The number of alkyl halides is 1. The molecule has 5 heteroatoms. The minimum absolute atomic E-state index is 0.132. The number of rotatable bonds is 7. The Labute approximate surface area is 128 Å². The first kappa shape index (κ1) is 15.8. The van der Waals surface area contributed by atoms with Crippen LogP contribution in [0.2, 0.25) is 0 Å². The van der Waals surface area contributed by atoms with Crippen molar-refractivity contribution >= 4 is 6.08 Å². The number of hydrogen-bond acceptors (Lipinski definition) is 2. The maximum absolute atomic E-state index is 13.5. The molecule has 22 heavy (non-hydrogen) atoms. The molecule has 0 fully saturated rings. The average molecular weight is 297 g/mol. The van der Waals surface area contributed by atoms with Gasteiger partial charge in [0.25, 0.3) is 0 Å². The van der Waals surface area contributed by atoms with Crippen molar-refractivity contribution in [3.05, 3.63) is 88.3 Å². The molecule has 0 aliphatic rings. The Hall–Kier alpha value is -2.62. The third-order valence-electron chi connectivity index (χ3n) is 3.14. The van der Waals surface area contributed by atoms with Crippen molar-refractivity contribution in [2.45, 2.75) is 5.72 Å². The summed E-state index contributed by atoms with van der Waals surface area (Å²) in [6.07, 6.45) is 3.62. The Morgan fingerprint density at radius 2 is 1.73 bits per heavy atom. The average Bonchev–Trinajstić information content (AvgIpc) is 2.59. The highest BCUT2D eigenvalue weighted by molar-refractivity contribution is 5.48. The van der Waals surface area contributed by atoms with Crippen molar-refractivity contribution in [2.75, 3.05) is 13.3 Å². The van der Waals surface area contributed by atoms with E-state index < -0.39 is 12.4 Å². The lowest BCUT2D eigenvalue weighted by atomic mass is 10.1. The van der Waals surface area contributed by atoms with E-state index in [-0.39, 0.29) is 6.61 Å². The van der Waals surface area contributed by atoms with E-state index >= 15 is 0 Å². The van der Waals surface area contributed by atoms with E-state index in [0.29, 0.717) is 5.56 Å². The molecule has 0 bridgehead atoms. The molecule has 0 aliphatic heterocycles. The van der Waals surface area contributed by atoms with Crippen LogP contribution in [0.1, 0.15) is 11.1 Å². The molecule has 4 nitrogen and oxygen atoms in total. The Balaban J connectivity index is 2.11.